The van der Waals surface area contributed by atoms with Crippen LogP contribution >= 0.6 is 11.6 Å². The number of methoxy groups -OCH3 is 1. The molecule has 0 aliphatic heterocycles. The van der Waals surface area contributed by atoms with Crippen LogP contribution in [0.2, 0.25) is 5.02 Å². The van der Waals surface area contributed by atoms with Gasteiger partial charge in [-0.3, -0.25) is 14.6 Å². The molecule has 0 radical (unpaired) electrons. The van der Waals surface area contributed by atoms with Crippen LogP contribution in [0.25, 0.3) is 22.3 Å². The number of halogens is 1. The van der Waals surface area contributed by atoms with Crippen molar-refractivity contribution in [1.82, 2.24) is 29.9 Å². The van der Waals surface area contributed by atoms with Crippen LogP contribution in [-0.4, -0.2) is 54.0 Å². The molecule has 0 aliphatic carbocycles. The zero-order valence-corrected chi connectivity index (χ0v) is 18.0. The predicted octanol–water partition coefficient (Wildman–Crippen LogP) is 2.95. The van der Waals surface area contributed by atoms with Gasteiger partial charge in [0.2, 0.25) is 0 Å². The standard InChI is InChI=1S/C20H18ClN7O4/c1-20(2,19(30)31)28-8-13(15(27-28)11-6-10(21)4-5-14(11)32-3)24-18(29)17-16-12(25-26-17)7-22-9-23-16/h4-9H,1-3H3,(H,24,29)(H,25,26)(H,30,31). The average molecular weight is 456 g/mol. The van der Waals surface area contributed by atoms with Crippen molar-refractivity contribution in [3.05, 3.63) is 47.6 Å². The number of aliphatic carboxylic acids is 1. The second-order valence-corrected chi connectivity index (χ2v) is 7.79. The summed E-state index contributed by atoms with van der Waals surface area (Å²) in [6.07, 6.45) is 4.25. The first-order valence-electron chi connectivity index (χ1n) is 9.35. The number of carboxylic acids is 1. The van der Waals surface area contributed by atoms with Crippen molar-refractivity contribution < 1.29 is 19.4 Å². The first-order valence-corrected chi connectivity index (χ1v) is 9.73. The van der Waals surface area contributed by atoms with Gasteiger partial charge in [0.05, 0.1) is 25.2 Å². The lowest BCUT2D eigenvalue weighted by molar-refractivity contribution is -0.146. The molecule has 0 saturated heterocycles. The van der Waals surface area contributed by atoms with E-state index in [9.17, 15) is 14.7 Å². The molecule has 12 heteroatoms. The predicted molar refractivity (Wildman–Crippen MR) is 116 cm³/mol. The molecule has 1 aromatic carbocycles. The number of aromatic nitrogens is 6. The Morgan fingerprint density at radius 3 is 2.81 bits per heavy atom. The number of carbonyl (C=O) groups excluding carboxylic acids is 1. The summed E-state index contributed by atoms with van der Waals surface area (Å²) in [4.78, 5) is 32.8. The highest BCUT2D eigenvalue weighted by Crippen LogP contribution is 2.37. The van der Waals surface area contributed by atoms with E-state index in [0.717, 1.165) is 0 Å². The molecule has 0 spiro atoms. The fourth-order valence-electron chi connectivity index (χ4n) is 3.02. The Hall–Kier alpha value is -3.99. The van der Waals surface area contributed by atoms with Gasteiger partial charge < -0.3 is 15.2 Å². The number of nitrogens with zero attached hydrogens (tertiary/aromatic N) is 5. The molecular formula is C20H18ClN7O4. The molecule has 4 rings (SSSR count). The minimum absolute atomic E-state index is 0.0525. The number of nitrogens with one attached hydrogen (secondary N) is 2. The fraction of sp³-hybridized carbons (Fsp3) is 0.200. The molecular weight excluding hydrogens is 438 g/mol. The molecule has 0 fully saturated rings. The number of amides is 1. The Morgan fingerprint density at radius 2 is 2.09 bits per heavy atom. The molecule has 0 aliphatic rings. The minimum atomic E-state index is -1.39. The number of anilines is 1. The van der Waals surface area contributed by atoms with Crippen LogP contribution in [0, 0.1) is 0 Å². The molecule has 164 valence electrons. The van der Waals surface area contributed by atoms with Crippen LogP contribution < -0.4 is 10.1 Å². The van der Waals surface area contributed by atoms with Gasteiger partial charge in [-0.05, 0) is 32.0 Å². The summed E-state index contributed by atoms with van der Waals surface area (Å²) >= 11 is 6.18. The van der Waals surface area contributed by atoms with Gasteiger partial charge in [-0.15, -0.1) is 0 Å². The van der Waals surface area contributed by atoms with E-state index in [0.29, 0.717) is 27.4 Å². The van der Waals surface area contributed by atoms with Crippen LogP contribution in [0.15, 0.2) is 36.9 Å². The molecule has 3 heterocycles. The van der Waals surface area contributed by atoms with Crippen molar-refractivity contribution >= 4 is 40.2 Å². The summed E-state index contributed by atoms with van der Waals surface area (Å²) in [6, 6.07) is 4.92. The summed E-state index contributed by atoms with van der Waals surface area (Å²) in [7, 11) is 1.48. The topological polar surface area (TPSA) is 148 Å². The zero-order valence-electron chi connectivity index (χ0n) is 17.3. The summed E-state index contributed by atoms with van der Waals surface area (Å²) in [5.74, 6) is -1.22. The second-order valence-electron chi connectivity index (χ2n) is 7.36. The van der Waals surface area contributed by atoms with Crippen LogP contribution in [0.3, 0.4) is 0 Å². The van der Waals surface area contributed by atoms with E-state index in [1.165, 1.54) is 44.4 Å². The Balaban J connectivity index is 1.83. The summed E-state index contributed by atoms with van der Waals surface area (Å²) < 4.78 is 6.67. The normalized spacial score (nSPS) is 11.5. The number of aromatic amines is 1. The number of benzene rings is 1. The van der Waals surface area contributed by atoms with Crippen molar-refractivity contribution in [3.8, 4) is 17.0 Å². The number of carboxylic acid groups (broad SMARTS) is 1. The highest BCUT2D eigenvalue weighted by atomic mass is 35.5. The smallest absolute Gasteiger partial charge is 0.331 e. The largest absolute Gasteiger partial charge is 0.496 e. The Bertz CT molecular complexity index is 1340. The van der Waals surface area contributed by atoms with Crippen LogP contribution in [-0.2, 0) is 10.3 Å². The van der Waals surface area contributed by atoms with Crippen LogP contribution in [0.5, 0.6) is 5.75 Å². The van der Waals surface area contributed by atoms with Gasteiger partial charge in [0.1, 0.15) is 28.8 Å². The maximum Gasteiger partial charge on any atom is 0.331 e. The summed E-state index contributed by atoms with van der Waals surface area (Å²) in [5, 5.41) is 24.0. The first-order chi connectivity index (χ1) is 15.2. The zero-order chi connectivity index (χ0) is 23.0. The van der Waals surface area contributed by atoms with Crippen molar-refractivity contribution in [1.29, 1.82) is 0 Å². The van der Waals surface area contributed by atoms with E-state index in [2.05, 4.69) is 30.6 Å². The number of rotatable bonds is 6. The third-order valence-electron chi connectivity index (χ3n) is 4.91. The summed E-state index contributed by atoms with van der Waals surface area (Å²) in [6.45, 7) is 2.98. The van der Waals surface area contributed by atoms with E-state index < -0.39 is 17.4 Å². The van der Waals surface area contributed by atoms with Gasteiger partial charge in [0.25, 0.3) is 5.91 Å². The first kappa shape index (κ1) is 21.2. The van der Waals surface area contributed by atoms with Crippen molar-refractivity contribution in [2.45, 2.75) is 19.4 Å². The lowest BCUT2D eigenvalue weighted by Crippen LogP contribution is -2.36. The molecule has 11 nitrogen and oxygen atoms in total. The Kier molecular flexibility index (Phi) is 5.26. The molecule has 0 saturated carbocycles. The quantitative estimate of drug-likeness (QED) is 0.402. The maximum absolute atomic E-state index is 13.0. The number of fused-ring (bicyclic) bond motifs is 1. The van der Waals surface area contributed by atoms with E-state index in [1.54, 1.807) is 18.2 Å². The molecule has 0 atom stereocenters. The average Bonchev–Trinajstić information content (AvgIpc) is 3.38. The highest BCUT2D eigenvalue weighted by molar-refractivity contribution is 6.31. The van der Waals surface area contributed by atoms with Gasteiger partial charge in [-0.1, -0.05) is 11.6 Å². The maximum atomic E-state index is 13.0. The SMILES string of the molecule is COc1ccc(Cl)cc1-c1nn(C(C)(C)C(=O)O)cc1NC(=O)c1n[nH]c2cncnc12. The van der Waals surface area contributed by atoms with E-state index in [4.69, 9.17) is 16.3 Å². The molecule has 4 aromatic rings. The molecule has 0 unspecified atom stereocenters. The number of H-pyrrole nitrogens is 1. The summed E-state index contributed by atoms with van der Waals surface area (Å²) in [5.41, 5.74) is 0.503. The fourth-order valence-corrected chi connectivity index (χ4v) is 3.20. The Labute approximate surface area is 186 Å². The van der Waals surface area contributed by atoms with Gasteiger partial charge >= 0.3 is 5.97 Å². The van der Waals surface area contributed by atoms with E-state index >= 15 is 0 Å². The van der Waals surface area contributed by atoms with Crippen molar-refractivity contribution in [3.63, 3.8) is 0 Å². The third kappa shape index (κ3) is 3.62. The van der Waals surface area contributed by atoms with Gasteiger partial charge in [0.15, 0.2) is 11.2 Å². The lowest BCUT2D eigenvalue weighted by atomic mass is 10.1. The van der Waals surface area contributed by atoms with Crippen LogP contribution in [0.1, 0.15) is 24.3 Å². The number of hydrogen-bond acceptors (Lipinski definition) is 7. The molecule has 3 N–H and O–H groups in total. The third-order valence-corrected chi connectivity index (χ3v) is 5.15. The monoisotopic (exact) mass is 455 g/mol. The second kappa shape index (κ2) is 7.93. The van der Waals surface area contributed by atoms with Crippen LogP contribution in [0.4, 0.5) is 5.69 Å². The van der Waals surface area contributed by atoms with E-state index in [-0.39, 0.29) is 17.1 Å². The van der Waals surface area contributed by atoms with Gasteiger partial charge in [-0.25, -0.2) is 14.8 Å². The highest BCUT2D eigenvalue weighted by Gasteiger charge is 2.32. The molecule has 3 aromatic heterocycles. The number of ether oxygens (including phenoxy) is 1. The van der Waals surface area contributed by atoms with Gasteiger partial charge in [-0.2, -0.15) is 10.2 Å². The number of carbonyl (C=O) groups is 2. The Morgan fingerprint density at radius 1 is 1.31 bits per heavy atom. The molecule has 0 bridgehead atoms. The lowest BCUT2D eigenvalue weighted by Gasteiger charge is -2.19. The molecule has 32 heavy (non-hydrogen) atoms. The number of hydrogen-bond donors (Lipinski definition) is 3. The van der Waals surface area contributed by atoms with E-state index in [1.807, 2.05) is 0 Å². The van der Waals surface area contributed by atoms with Crippen molar-refractivity contribution in [2.75, 3.05) is 12.4 Å². The van der Waals surface area contributed by atoms with Gasteiger partial charge in [0, 0.05) is 10.6 Å². The van der Waals surface area contributed by atoms with Crippen molar-refractivity contribution in [2.24, 2.45) is 0 Å². The molecule has 1 amide bonds. The minimum Gasteiger partial charge on any atom is -0.496 e.